The first-order valence-corrected chi connectivity index (χ1v) is 11.0. The number of nitrogens with one attached hydrogen (secondary N) is 1. The van der Waals surface area contributed by atoms with E-state index in [1.54, 1.807) is 30.3 Å². The summed E-state index contributed by atoms with van der Waals surface area (Å²) >= 11 is 18.3. The second-order valence-electron chi connectivity index (χ2n) is 6.17. The zero-order valence-corrected chi connectivity index (χ0v) is 17.3. The van der Waals surface area contributed by atoms with Crippen LogP contribution in [0.4, 0.5) is 11.4 Å². The van der Waals surface area contributed by atoms with E-state index in [0.29, 0.717) is 45.8 Å². The lowest BCUT2D eigenvalue weighted by Gasteiger charge is -2.18. The van der Waals surface area contributed by atoms with Gasteiger partial charge in [0.05, 0.1) is 32.2 Å². The van der Waals surface area contributed by atoms with Crippen molar-refractivity contribution in [2.45, 2.75) is 19.3 Å². The Morgan fingerprint density at radius 2 is 1.89 bits per heavy atom. The molecule has 0 aromatic heterocycles. The van der Waals surface area contributed by atoms with Crippen LogP contribution in [0.2, 0.25) is 15.1 Å². The lowest BCUT2D eigenvalue weighted by atomic mass is 10.1. The Kier molecular flexibility index (Phi) is 6.21. The average molecular weight is 448 g/mol. The summed E-state index contributed by atoms with van der Waals surface area (Å²) < 4.78 is 25.5. The van der Waals surface area contributed by atoms with Gasteiger partial charge >= 0.3 is 0 Å². The molecule has 2 aromatic rings. The second-order valence-corrected chi connectivity index (χ2v) is 9.37. The molecular formula is C18H17Cl3N2O3S. The van der Waals surface area contributed by atoms with Gasteiger partial charge in [-0.05, 0) is 42.7 Å². The van der Waals surface area contributed by atoms with Gasteiger partial charge < -0.3 is 5.32 Å². The van der Waals surface area contributed by atoms with Crippen molar-refractivity contribution in [2.24, 2.45) is 0 Å². The van der Waals surface area contributed by atoms with Crippen LogP contribution in [0.25, 0.3) is 0 Å². The summed E-state index contributed by atoms with van der Waals surface area (Å²) in [6.07, 6.45) is 1.18. The fraction of sp³-hybridized carbons (Fsp3) is 0.278. The predicted octanol–water partition coefficient (Wildman–Crippen LogP) is 4.76. The maximum absolute atomic E-state index is 12.3. The minimum absolute atomic E-state index is 0.123. The van der Waals surface area contributed by atoms with E-state index in [2.05, 4.69) is 5.32 Å². The van der Waals surface area contributed by atoms with Gasteiger partial charge in [0.25, 0.3) is 0 Å². The van der Waals surface area contributed by atoms with Crippen molar-refractivity contribution in [3.8, 4) is 0 Å². The number of hydrogen-bond donors (Lipinski definition) is 1. The highest BCUT2D eigenvalue weighted by Crippen LogP contribution is 2.31. The molecule has 0 atom stereocenters. The molecule has 27 heavy (non-hydrogen) atoms. The van der Waals surface area contributed by atoms with Gasteiger partial charge in [0, 0.05) is 13.0 Å². The molecule has 1 saturated heterocycles. The Morgan fingerprint density at radius 3 is 2.59 bits per heavy atom. The summed E-state index contributed by atoms with van der Waals surface area (Å²) in [6.45, 7) is 0.421. The number of nitrogens with zero attached hydrogens (tertiary/aromatic N) is 1. The molecule has 0 unspecified atom stereocenters. The zero-order valence-electron chi connectivity index (χ0n) is 14.2. The topological polar surface area (TPSA) is 66.5 Å². The Labute approximate surface area is 173 Å². The van der Waals surface area contributed by atoms with E-state index in [4.69, 9.17) is 34.8 Å². The van der Waals surface area contributed by atoms with Crippen molar-refractivity contribution in [1.82, 2.24) is 0 Å². The number of halogens is 3. The summed E-state index contributed by atoms with van der Waals surface area (Å²) in [5.74, 6) is -0.132. The molecule has 1 aliphatic rings. The average Bonchev–Trinajstić information content (AvgIpc) is 2.97. The van der Waals surface area contributed by atoms with Crippen LogP contribution < -0.4 is 9.62 Å². The number of sulfonamides is 1. The largest absolute Gasteiger partial charge is 0.325 e. The van der Waals surface area contributed by atoms with E-state index in [1.807, 2.05) is 6.07 Å². The van der Waals surface area contributed by atoms with Crippen LogP contribution in [0.1, 0.15) is 18.4 Å². The van der Waals surface area contributed by atoms with Gasteiger partial charge in [-0.15, -0.1) is 0 Å². The molecule has 1 heterocycles. The van der Waals surface area contributed by atoms with E-state index in [9.17, 15) is 13.2 Å². The smallest absolute Gasteiger partial charge is 0.235 e. The third-order valence-electron chi connectivity index (χ3n) is 4.26. The highest BCUT2D eigenvalue weighted by molar-refractivity contribution is 7.93. The van der Waals surface area contributed by atoms with Crippen molar-refractivity contribution in [3.63, 3.8) is 0 Å². The quantitative estimate of drug-likeness (QED) is 0.719. The number of carbonyl (C=O) groups excluding carboxylic acids is 1. The fourth-order valence-corrected chi connectivity index (χ4v) is 5.03. The number of rotatable bonds is 5. The summed E-state index contributed by atoms with van der Waals surface area (Å²) in [6, 6.07) is 10.1. The Morgan fingerprint density at radius 1 is 1.11 bits per heavy atom. The molecule has 0 saturated carbocycles. The van der Waals surface area contributed by atoms with Gasteiger partial charge in [0.2, 0.25) is 15.9 Å². The van der Waals surface area contributed by atoms with Gasteiger partial charge in [-0.25, -0.2) is 8.42 Å². The standard InChI is InChI=1S/C18H17Cl3N2O3S/c19-14-7-6-13(23-9-2-10-27(23,25)26)11-16(14)22-17(24)8-5-12-3-1-4-15(20)18(12)21/h1,3-4,6-7,11H,2,5,8-10H2,(H,22,24). The number of aryl methyl sites for hydroxylation is 1. The van der Waals surface area contributed by atoms with E-state index < -0.39 is 10.0 Å². The molecule has 1 fully saturated rings. The van der Waals surface area contributed by atoms with E-state index in [-0.39, 0.29) is 18.1 Å². The number of hydrogen-bond acceptors (Lipinski definition) is 3. The number of anilines is 2. The molecule has 9 heteroatoms. The van der Waals surface area contributed by atoms with Crippen molar-refractivity contribution in [1.29, 1.82) is 0 Å². The third kappa shape index (κ3) is 4.69. The zero-order chi connectivity index (χ0) is 19.6. The van der Waals surface area contributed by atoms with Crippen LogP contribution in [0.5, 0.6) is 0 Å². The molecule has 144 valence electrons. The van der Waals surface area contributed by atoms with Gasteiger partial charge in [0.15, 0.2) is 0 Å². The van der Waals surface area contributed by atoms with E-state index in [1.165, 1.54) is 4.31 Å². The lowest BCUT2D eigenvalue weighted by Crippen LogP contribution is -2.25. The minimum Gasteiger partial charge on any atom is -0.325 e. The maximum Gasteiger partial charge on any atom is 0.235 e. The van der Waals surface area contributed by atoms with Gasteiger partial charge in [-0.1, -0.05) is 46.9 Å². The monoisotopic (exact) mass is 446 g/mol. The molecule has 0 aliphatic carbocycles. The maximum atomic E-state index is 12.3. The summed E-state index contributed by atoms with van der Waals surface area (Å²) in [5.41, 5.74) is 1.64. The first-order valence-electron chi connectivity index (χ1n) is 8.30. The summed E-state index contributed by atoms with van der Waals surface area (Å²) in [5, 5.41) is 3.95. The Hall–Kier alpha value is -1.47. The fourth-order valence-electron chi connectivity index (χ4n) is 2.90. The molecule has 3 rings (SSSR count). The molecule has 0 spiro atoms. The molecule has 1 N–H and O–H groups in total. The van der Waals surface area contributed by atoms with Crippen LogP contribution in [0.3, 0.4) is 0 Å². The molecule has 0 radical (unpaired) electrons. The van der Waals surface area contributed by atoms with Gasteiger partial charge in [0.1, 0.15) is 0 Å². The SMILES string of the molecule is O=C(CCc1cccc(Cl)c1Cl)Nc1cc(N2CCCS2(=O)=O)ccc1Cl. The minimum atomic E-state index is -3.30. The van der Waals surface area contributed by atoms with Gasteiger partial charge in [-0.2, -0.15) is 0 Å². The van der Waals surface area contributed by atoms with Crippen LogP contribution >= 0.6 is 34.8 Å². The van der Waals surface area contributed by atoms with Gasteiger partial charge in [-0.3, -0.25) is 9.10 Å². The van der Waals surface area contributed by atoms with Crippen molar-refractivity contribution in [3.05, 3.63) is 57.0 Å². The van der Waals surface area contributed by atoms with Crippen molar-refractivity contribution < 1.29 is 13.2 Å². The molecule has 5 nitrogen and oxygen atoms in total. The highest BCUT2D eigenvalue weighted by Gasteiger charge is 2.28. The molecule has 0 bridgehead atoms. The second kappa shape index (κ2) is 8.27. The first kappa shape index (κ1) is 20.3. The number of carbonyl (C=O) groups is 1. The van der Waals surface area contributed by atoms with Crippen molar-refractivity contribution >= 4 is 62.1 Å². The molecular weight excluding hydrogens is 431 g/mol. The van der Waals surface area contributed by atoms with E-state index >= 15 is 0 Å². The lowest BCUT2D eigenvalue weighted by molar-refractivity contribution is -0.116. The normalized spacial score (nSPS) is 15.7. The predicted molar refractivity (Wildman–Crippen MR) is 111 cm³/mol. The van der Waals surface area contributed by atoms with Crippen LogP contribution in [-0.2, 0) is 21.2 Å². The summed E-state index contributed by atoms with van der Waals surface area (Å²) in [7, 11) is -3.30. The molecule has 2 aromatic carbocycles. The van der Waals surface area contributed by atoms with Crippen molar-refractivity contribution in [2.75, 3.05) is 21.9 Å². The molecule has 1 amide bonds. The van der Waals surface area contributed by atoms with Crippen LogP contribution in [-0.4, -0.2) is 26.6 Å². The number of benzene rings is 2. The van der Waals surface area contributed by atoms with Crippen LogP contribution in [0.15, 0.2) is 36.4 Å². The first-order chi connectivity index (χ1) is 12.8. The molecule has 1 aliphatic heterocycles. The summed E-state index contributed by atoms with van der Waals surface area (Å²) in [4.78, 5) is 12.3. The van der Waals surface area contributed by atoms with E-state index in [0.717, 1.165) is 5.56 Å². The van der Waals surface area contributed by atoms with Crippen LogP contribution in [0, 0.1) is 0 Å². The Bertz CT molecular complexity index is 980. The number of amides is 1. The highest BCUT2D eigenvalue weighted by atomic mass is 35.5. The third-order valence-corrected chi connectivity index (χ3v) is 7.32. The Balaban J connectivity index is 1.70.